The smallest absolute Gasteiger partial charge is 0.115 e. The second kappa shape index (κ2) is 5.52. The van der Waals surface area contributed by atoms with Crippen LogP contribution in [-0.2, 0) is 0 Å². The number of nitrogens with zero attached hydrogens (tertiary/aromatic N) is 1. The van der Waals surface area contributed by atoms with Crippen molar-refractivity contribution in [2.75, 3.05) is 5.88 Å². The molecule has 0 amide bonds. The Morgan fingerprint density at radius 3 is 2.67 bits per heavy atom. The summed E-state index contributed by atoms with van der Waals surface area (Å²) in [6.07, 6.45) is 0. The molecule has 1 aromatic carbocycles. The molecule has 0 fully saturated rings. The van der Waals surface area contributed by atoms with Crippen LogP contribution in [-0.4, -0.2) is 11.7 Å². The molecular weight excluding hydrogens is 275 g/mol. The van der Waals surface area contributed by atoms with Crippen molar-refractivity contribution in [1.29, 1.82) is 0 Å². The Morgan fingerprint density at radius 1 is 1.53 bits per heavy atom. The fraction of sp³-hybridized carbons (Fsp3) is 0.364. The van der Waals surface area contributed by atoms with Crippen molar-refractivity contribution in [2.45, 2.75) is 19.8 Å². The summed E-state index contributed by atoms with van der Waals surface area (Å²) in [7, 11) is 0. The highest BCUT2D eigenvalue weighted by Crippen LogP contribution is 2.29. The maximum atomic E-state index is 5.57. The lowest BCUT2D eigenvalue weighted by Gasteiger charge is -2.07. The normalized spacial score (nSPS) is 12.2. The van der Waals surface area contributed by atoms with Gasteiger partial charge in [0.15, 0.2) is 0 Å². The first-order valence-corrected chi connectivity index (χ1v) is 6.05. The fourth-order valence-corrected chi connectivity index (χ4v) is 1.70. The molecule has 0 bridgehead atoms. The summed E-state index contributed by atoms with van der Waals surface area (Å²) in [6.45, 7) is 4.30. The minimum Gasteiger partial charge on any atom is -0.386 e. The van der Waals surface area contributed by atoms with Gasteiger partial charge in [-0.25, -0.2) is 4.99 Å². The van der Waals surface area contributed by atoms with E-state index in [1.165, 1.54) is 5.56 Å². The Balaban J connectivity index is 3.03. The first kappa shape index (κ1) is 12.5. The minimum atomic E-state index is 0.248. The molecule has 0 aliphatic rings. The second-order valence-electron chi connectivity index (χ2n) is 3.60. The molecule has 2 N–H and O–H groups in total. The van der Waals surface area contributed by atoms with E-state index in [1.54, 1.807) is 0 Å². The molecule has 0 unspecified atom stereocenters. The summed E-state index contributed by atoms with van der Waals surface area (Å²) in [5.74, 6) is 1.18. The third-order valence-electron chi connectivity index (χ3n) is 2.04. The van der Waals surface area contributed by atoms with Crippen LogP contribution in [0.1, 0.15) is 25.3 Å². The summed E-state index contributed by atoms with van der Waals surface area (Å²) in [6, 6.07) is 6.06. The second-order valence-corrected chi connectivity index (χ2v) is 4.72. The largest absolute Gasteiger partial charge is 0.386 e. The molecule has 0 aliphatic heterocycles. The Bertz CT molecular complexity index is 375. The molecular formula is C11H14BrClN2. The Hall–Kier alpha value is -0.540. The van der Waals surface area contributed by atoms with Gasteiger partial charge in [0, 0.05) is 4.47 Å². The first-order valence-electron chi connectivity index (χ1n) is 4.73. The van der Waals surface area contributed by atoms with E-state index < -0.39 is 0 Å². The van der Waals surface area contributed by atoms with Gasteiger partial charge in [-0.05, 0) is 39.5 Å². The monoisotopic (exact) mass is 288 g/mol. The zero-order chi connectivity index (χ0) is 11.4. The van der Waals surface area contributed by atoms with Crippen molar-refractivity contribution in [3.05, 3.63) is 28.2 Å². The standard InChI is InChI=1S/C11H14BrClN2/c1-7(2)8-3-4-10(9(12)5-8)15-11(14)6-13/h3-5,7H,6H2,1-2H3,(H2,14,15). The van der Waals surface area contributed by atoms with Crippen molar-refractivity contribution >= 4 is 39.1 Å². The van der Waals surface area contributed by atoms with Crippen molar-refractivity contribution in [2.24, 2.45) is 10.7 Å². The molecule has 0 saturated carbocycles. The van der Waals surface area contributed by atoms with Crippen molar-refractivity contribution in [1.82, 2.24) is 0 Å². The minimum absolute atomic E-state index is 0.248. The van der Waals surface area contributed by atoms with E-state index in [2.05, 4.69) is 46.9 Å². The van der Waals surface area contributed by atoms with Crippen LogP contribution in [0.4, 0.5) is 5.69 Å². The molecule has 82 valence electrons. The quantitative estimate of drug-likeness (QED) is 0.513. The van der Waals surface area contributed by atoms with Crippen LogP contribution >= 0.6 is 27.5 Å². The molecule has 0 heterocycles. The summed E-state index contributed by atoms with van der Waals surface area (Å²) in [5.41, 5.74) is 7.65. The van der Waals surface area contributed by atoms with E-state index in [1.807, 2.05) is 6.07 Å². The Morgan fingerprint density at radius 2 is 2.20 bits per heavy atom. The summed E-state index contributed by atoms with van der Waals surface area (Å²) in [5, 5.41) is 0. The van der Waals surface area contributed by atoms with Gasteiger partial charge in [-0.2, -0.15) is 0 Å². The molecule has 0 saturated heterocycles. The predicted octanol–water partition coefficient (Wildman–Crippen LogP) is 3.80. The number of halogens is 2. The summed E-state index contributed by atoms with van der Waals surface area (Å²) < 4.78 is 0.946. The number of alkyl halides is 1. The van der Waals surface area contributed by atoms with Crippen LogP contribution in [0, 0.1) is 0 Å². The number of benzene rings is 1. The summed E-state index contributed by atoms with van der Waals surface area (Å²) in [4.78, 5) is 4.19. The highest BCUT2D eigenvalue weighted by molar-refractivity contribution is 9.10. The van der Waals surface area contributed by atoms with E-state index in [4.69, 9.17) is 17.3 Å². The van der Waals surface area contributed by atoms with Crippen LogP contribution in [0.3, 0.4) is 0 Å². The lowest BCUT2D eigenvalue weighted by molar-refractivity contribution is 0.866. The molecule has 0 aliphatic carbocycles. The molecule has 2 nitrogen and oxygen atoms in total. The average molecular weight is 290 g/mol. The molecule has 0 radical (unpaired) electrons. The maximum absolute atomic E-state index is 5.57. The van der Waals surface area contributed by atoms with Gasteiger partial charge in [-0.1, -0.05) is 19.9 Å². The van der Waals surface area contributed by atoms with E-state index in [0.29, 0.717) is 11.8 Å². The number of aliphatic imine (C=N–C) groups is 1. The van der Waals surface area contributed by atoms with E-state index >= 15 is 0 Å². The van der Waals surface area contributed by atoms with Crippen molar-refractivity contribution < 1.29 is 0 Å². The third kappa shape index (κ3) is 3.50. The third-order valence-corrected chi connectivity index (χ3v) is 2.95. The van der Waals surface area contributed by atoms with E-state index in [9.17, 15) is 0 Å². The highest BCUT2D eigenvalue weighted by atomic mass is 79.9. The molecule has 1 aromatic rings. The molecule has 1 rings (SSSR count). The van der Waals surface area contributed by atoms with Crippen molar-refractivity contribution in [3.63, 3.8) is 0 Å². The van der Waals surface area contributed by atoms with Crippen LogP contribution in [0.25, 0.3) is 0 Å². The van der Waals surface area contributed by atoms with Gasteiger partial charge in [0.25, 0.3) is 0 Å². The average Bonchev–Trinajstić information content (AvgIpc) is 2.20. The van der Waals surface area contributed by atoms with Crippen LogP contribution < -0.4 is 5.73 Å². The van der Waals surface area contributed by atoms with Gasteiger partial charge in [-0.15, -0.1) is 11.6 Å². The van der Waals surface area contributed by atoms with Crippen LogP contribution in [0.2, 0.25) is 0 Å². The zero-order valence-electron chi connectivity index (χ0n) is 8.80. The molecule has 0 spiro atoms. The topological polar surface area (TPSA) is 38.4 Å². The first-order chi connectivity index (χ1) is 7.04. The van der Waals surface area contributed by atoms with Crippen LogP contribution in [0.15, 0.2) is 27.7 Å². The maximum Gasteiger partial charge on any atom is 0.115 e. The lowest BCUT2D eigenvalue weighted by Crippen LogP contribution is -2.12. The molecule has 0 aromatic heterocycles. The van der Waals surface area contributed by atoms with Crippen molar-refractivity contribution in [3.8, 4) is 0 Å². The number of amidine groups is 1. The highest BCUT2D eigenvalue weighted by Gasteiger charge is 2.03. The fourth-order valence-electron chi connectivity index (χ4n) is 1.16. The van der Waals surface area contributed by atoms with Gasteiger partial charge in [-0.3, -0.25) is 0 Å². The van der Waals surface area contributed by atoms with E-state index in [0.717, 1.165) is 10.2 Å². The molecule has 0 atom stereocenters. The number of hydrogen-bond donors (Lipinski definition) is 1. The predicted molar refractivity (Wildman–Crippen MR) is 70.2 cm³/mol. The Labute approximate surface area is 104 Å². The number of rotatable bonds is 3. The van der Waals surface area contributed by atoms with E-state index in [-0.39, 0.29) is 5.88 Å². The Kier molecular flexibility index (Phi) is 4.61. The van der Waals surface area contributed by atoms with Gasteiger partial charge in [0.2, 0.25) is 0 Å². The van der Waals surface area contributed by atoms with Crippen LogP contribution in [0.5, 0.6) is 0 Å². The molecule has 15 heavy (non-hydrogen) atoms. The SMILES string of the molecule is CC(C)c1ccc(N=C(N)CCl)c(Br)c1. The van der Waals surface area contributed by atoms with Gasteiger partial charge in [0.1, 0.15) is 5.84 Å². The summed E-state index contributed by atoms with van der Waals surface area (Å²) >= 11 is 9.03. The van der Waals surface area contributed by atoms with Gasteiger partial charge < -0.3 is 5.73 Å². The van der Waals surface area contributed by atoms with Gasteiger partial charge >= 0.3 is 0 Å². The number of hydrogen-bond acceptors (Lipinski definition) is 1. The molecule has 4 heteroatoms. The van der Waals surface area contributed by atoms with Gasteiger partial charge in [0.05, 0.1) is 11.6 Å². The zero-order valence-corrected chi connectivity index (χ0v) is 11.1. The number of nitrogens with two attached hydrogens (primary N) is 1. The lowest BCUT2D eigenvalue weighted by atomic mass is 10.0.